The van der Waals surface area contributed by atoms with Crippen LogP contribution >= 0.6 is 22.9 Å². The second kappa shape index (κ2) is 6.19. The molecule has 0 aliphatic carbocycles. The van der Waals surface area contributed by atoms with E-state index in [0.717, 1.165) is 10.6 Å². The number of hydrogen-bond acceptors (Lipinski definition) is 3. The summed E-state index contributed by atoms with van der Waals surface area (Å²) in [4.78, 5) is 19.6. The van der Waals surface area contributed by atoms with E-state index in [0.29, 0.717) is 10.8 Å². The minimum absolute atomic E-state index is 0.000752. The average Bonchev–Trinajstić information content (AvgIpc) is 2.96. The molecule has 1 aromatic carbocycles. The summed E-state index contributed by atoms with van der Waals surface area (Å²) in [5.41, 5.74) is 0.977. The lowest BCUT2D eigenvalue weighted by Gasteiger charge is -2.26. The molecule has 124 valence electrons. The molecule has 5 heteroatoms. The van der Waals surface area contributed by atoms with E-state index >= 15 is 0 Å². The van der Waals surface area contributed by atoms with Gasteiger partial charge in [-0.2, -0.15) is 0 Å². The van der Waals surface area contributed by atoms with Crippen LogP contribution < -0.4 is 4.90 Å². The molecule has 0 fully saturated rings. The maximum absolute atomic E-state index is 12.4. The fourth-order valence-electron chi connectivity index (χ4n) is 2.53. The van der Waals surface area contributed by atoms with Crippen LogP contribution in [0.3, 0.4) is 0 Å². The molecular weight excluding hydrogens is 340 g/mol. The summed E-state index contributed by atoms with van der Waals surface area (Å²) in [7, 11) is 1.73. The summed E-state index contributed by atoms with van der Waals surface area (Å²) in [6.07, 6.45) is 0. The lowest BCUT2D eigenvalue weighted by Crippen LogP contribution is -2.36. The Hall–Kier alpha value is -1.91. The van der Waals surface area contributed by atoms with Crippen molar-refractivity contribution in [2.24, 2.45) is 5.41 Å². The van der Waals surface area contributed by atoms with Crippen molar-refractivity contribution in [3.8, 4) is 10.6 Å². The van der Waals surface area contributed by atoms with Gasteiger partial charge in [0.2, 0.25) is 5.91 Å². The number of fused-ring (bicyclic) bond motifs is 1. The largest absolute Gasteiger partial charge is 0.312 e. The number of aromatic nitrogens is 1. The summed E-state index contributed by atoms with van der Waals surface area (Å²) in [6.45, 7) is 5.66. The van der Waals surface area contributed by atoms with E-state index in [1.807, 2.05) is 45.0 Å². The maximum Gasteiger partial charge on any atom is 0.232 e. The first-order valence-corrected chi connectivity index (χ1v) is 8.90. The average molecular weight is 359 g/mol. The summed E-state index contributed by atoms with van der Waals surface area (Å²) in [6, 6.07) is 14.1. The molecule has 24 heavy (non-hydrogen) atoms. The van der Waals surface area contributed by atoms with Crippen LogP contribution in [0.5, 0.6) is 0 Å². The number of nitrogens with zero attached hydrogens (tertiary/aromatic N) is 2. The minimum Gasteiger partial charge on any atom is -0.312 e. The number of thiophene rings is 1. The highest BCUT2D eigenvalue weighted by Gasteiger charge is 2.27. The van der Waals surface area contributed by atoms with Gasteiger partial charge < -0.3 is 4.90 Å². The molecule has 0 N–H and O–H groups in total. The van der Waals surface area contributed by atoms with Crippen molar-refractivity contribution in [2.75, 3.05) is 11.9 Å². The number of carbonyl (C=O) groups is 1. The number of hydrogen-bond donors (Lipinski definition) is 0. The van der Waals surface area contributed by atoms with Crippen LogP contribution in [-0.4, -0.2) is 17.9 Å². The Morgan fingerprint density at radius 2 is 1.88 bits per heavy atom. The first kappa shape index (κ1) is 16.9. The van der Waals surface area contributed by atoms with Gasteiger partial charge in [0.15, 0.2) is 5.15 Å². The smallest absolute Gasteiger partial charge is 0.232 e. The van der Waals surface area contributed by atoms with Gasteiger partial charge in [-0.1, -0.05) is 50.6 Å². The number of anilines is 1. The highest BCUT2D eigenvalue weighted by Crippen LogP contribution is 2.35. The molecule has 3 rings (SSSR count). The Morgan fingerprint density at radius 3 is 2.50 bits per heavy atom. The van der Waals surface area contributed by atoms with Crippen molar-refractivity contribution in [2.45, 2.75) is 20.8 Å². The molecule has 0 spiro atoms. The molecule has 0 atom stereocenters. The highest BCUT2D eigenvalue weighted by molar-refractivity contribution is 7.22. The van der Waals surface area contributed by atoms with Crippen molar-refractivity contribution >= 4 is 44.6 Å². The third-order valence-electron chi connectivity index (χ3n) is 3.81. The molecule has 3 nitrogen and oxygen atoms in total. The molecule has 0 unspecified atom stereocenters. The standard InChI is InChI=1S/C19H19ClN2OS/c1-19(2,3)18(23)22(4)14-10-9-13(21-17(14)20)16-11-12-7-5-6-8-15(12)24-16/h5-11H,1-4H3. The van der Waals surface area contributed by atoms with E-state index in [4.69, 9.17) is 11.6 Å². The van der Waals surface area contributed by atoms with Gasteiger partial charge in [0.25, 0.3) is 0 Å². The Labute approximate surface area is 150 Å². The van der Waals surface area contributed by atoms with E-state index in [1.165, 1.54) is 10.1 Å². The molecule has 0 aliphatic rings. The van der Waals surface area contributed by atoms with Gasteiger partial charge in [0.05, 0.1) is 16.3 Å². The Balaban J connectivity index is 1.96. The van der Waals surface area contributed by atoms with Crippen molar-refractivity contribution in [1.29, 1.82) is 0 Å². The van der Waals surface area contributed by atoms with Gasteiger partial charge in [-0.25, -0.2) is 4.98 Å². The normalized spacial score (nSPS) is 11.7. The zero-order chi connectivity index (χ0) is 17.5. The van der Waals surface area contributed by atoms with E-state index in [-0.39, 0.29) is 5.91 Å². The number of carbonyl (C=O) groups excluding carboxylic acids is 1. The molecule has 3 aromatic rings. The van der Waals surface area contributed by atoms with Crippen molar-refractivity contribution < 1.29 is 4.79 Å². The van der Waals surface area contributed by atoms with Crippen molar-refractivity contribution in [1.82, 2.24) is 4.98 Å². The van der Waals surface area contributed by atoms with E-state index in [1.54, 1.807) is 23.3 Å². The maximum atomic E-state index is 12.4. The van der Waals surface area contributed by atoms with E-state index < -0.39 is 5.41 Å². The Morgan fingerprint density at radius 1 is 1.17 bits per heavy atom. The minimum atomic E-state index is -0.470. The molecule has 1 amide bonds. The van der Waals surface area contributed by atoms with Crippen LogP contribution in [0.2, 0.25) is 5.15 Å². The molecular formula is C19H19ClN2OS. The van der Waals surface area contributed by atoms with Crippen LogP contribution in [0.1, 0.15) is 20.8 Å². The Bertz CT molecular complexity index is 878. The van der Waals surface area contributed by atoms with E-state index in [2.05, 4.69) is 23.2 Å². The van der Waals surface area contributed by atoms with Crippen LogP contribution in [0.25, 0.3) is 20.7 Å². The first-order valence-electron chi connectivity index (χ1n) is 7.71. The van der Waals surface area contributed by atoms with Crippen molar-refractivity contribution in [3.05, 3.63) is 47.6 Å². The van der Waals surface area contributed by atoms with Crippen LogP contribution in [0, 0.1) is 5.41 Å². The predicted octanol–water partition coefficient (Wildman–Crippen LogP) is 5.63. The monoisotopic (exact) mass is 358 g/mol. The summed E-state index contributed by atoms with van der Waals surface area (Å²) in [5, 5.41) is 1.53. The molecule has 0 aliphatic heterocycles. The molecule has 0 bridgehead atoms. The van der Waals surface area contributed by atoms with Gasteiger partial charge in [-0.15, -0.1) is 11.3 Å². The molecule has 0 saturated heterocycles. The molecule has 0 radical (unpaired) electrons. The SMILES string of the molecule is CN(C(=O)C(C)(C)C)c1ccc(-c2cc3ccccc3s2)nc1Cl. The van der Waals surface area contributed by atoms with E-state index in [9.17, 15) is 4.79 Å². The summed E-state index contributed by atoms with van der Waals surface area (Å²) in [5.74, 6) is 0.000752. The van der Waals surface area contributed by atoms with Crippen LogP contribution in [0.4, 0.5) is 5.69 Å². The van der Waals surface area contributed by atoms with Gasteiger partial charge in [-0.05, 0) is 29.7 Å². The van der Waals surface area contributed by atoms with Crippen molar-refractivity contribution in [3.63, 3.8) is 0 Å². The van der Waals surface area contributed by atoms with Gasteiger partial charge in [0.1, 0.15) is 0 Å². The summed E-state index contributed by atoms with van der Waals surface area (Å²) < 4.78 is 1.22. The van der Waals surface area contributed by atoms with Gasteiger partial charge >= 0.3 is 0 Å². The second-order valence-electron chi connectivity index (χ2n) is 6.77. The van der Waals surface area contributed by atoms with Gasteiger partial charge in [0, 0.05) is 17.2 Å². The lowest BCUT2D eigenvalue weighted by molar-refractivity contribution is -0.125. The zero-order valence-electron chi connectivity index (χ0n) is 14.1. The summed E-state index contributed by atoms with van der Waals surface area (Å²) >= 11 is 8.05. The Kier molecular flexibility index (Phi) is 4.37. The number of benzene rings is 1. The number of rotatable bonds is 2. The topological polar surface area (TPSA) is 33.2 Å². The number of halogens is 1. The van der Waals surface area contributed by atoms with Crippen LogP contribution in [-0.2, 0) is 4.79 Å². The first-order chi connectivity index (χ1) is 11.3. The molecule has 2 heterocycles. The zero-order valence-corrected chi connectivity index (χ0v) is 15.7. The second-order valence-corrected chi connectivity index (χ2v) is 8.21. The van der Waals surface area contributed by atoms with Crippen LogP contribution in [0.15, 0.2) is 42.5 Å². The van der Waals surface area contributed by atoms with Gasteiger partial charge in [-0.3, -0.25) is 4.79 Å². The third kappa shape index (κ3) is 3.17. The third-order valence-corrected chi connectivity index (χ3v) is 5.23. The lowest BCUT2D eigenvalue weighted by atomic mass is 9.95. The number of pyridine rings is 1. The fourth-order valence-corrected chi connectivity index (χ4v) is 3.85. The molecule has 0 saturated carbocycles. The fraction of sp³-hybridized carbons (Fsp3) is 0.263. The predicted molar refractivity (Wildman–Crippen MR) is 103 cm³/mol. The number of amides is 1. The highest BCUT2D eigenvalue weighted by atomic mass is 35.5. The molecule has 2 aromatic heterocycles. The quantitative estimate of drug-likeness (QED) is 0.556.